The maximum absolute atomic E-state index is 12.2. The molecule has 0 saturated carbocycles. The minimum atomic E-state index is 0. The van der Waals surface area contributed by atoms with Crippen LogP contribution in [0, 0.1) is 12.8 Å². The second kappa shape index (κ2) is 8.04. The number of anilines is 1. The van der Waals surface area contributed by atoms with E-state index in [1.54, 1.807) is 6.20 Å². The first-order valence-electron chi connectivity index (χ1n) is 7.64. The highest BCUT2D eigenvalue weighted by molar-refractivity contribution is 5.92. The van der Waals surface area contributed by atoms with Crippen molar-refractivity contribution in [3.63, 3.8) is 0 Å². The second-order valence-corrected chi connectivity index (χ2v) is 5.61. The van der Waals surface area contributed by atoms with Crippen molar-refractivity contribution in [3.05, 3.63) is 42.2 Å². The number of nitrogens with zero attached hydrogens (tertiary/aromatic N) is 2. The van der Waals surface area contributed by atoms with E-state index in [1.807, 2.05) is 37.3 Å². The molecule has 2 heterocycles. The fourth-order valence-corrected chi connectivity index (χ4v) is 2.62. The van der Waals surface area contributed by atoms with E-state index in [2.05, 4.69) is 20.6 Å². The minimum Gasteiger partial charge on any atom is -0.326 e. The van der Waals surface area contributed by atoms with Crippen LogP contribution in [0.3, 0.4) is 0 Å². The standard InChI is InChI=1S/C17H20N4O.ClH/c1-12-6-11-19-16(20-12)13-2-4-15(5-3-13)21-17(22)14-7-9-18-10-8-14;/h2-6,11,14,18H,7-10H2,1H3,(H,21,22);1H. The zero-order valence-electron chi connectivity index (χ0n) is 13.1. The summed E-state index contributed by atoms with van der Waals surface area (Å²) in [6.45, 7) is 3.78. The molecule has 2 N–H and O–H groups in total. The fourth-order valence-electron chi connectivity index (χ4n) is 2.62. The summed E-state index contributed by atoms with van der Waals surface area (Å²) in [5, 5.41) is 6.26. The number of amides is 1. The number of rotatable bonds is 3. The van der Waals surface area contributed by atoms with Crippen LogP contribution in [0.4, 0.5) is 5.69 Å². The van der Waals surface area contributed by atoms with Crippen molar-refractivity contribution in [2.45, 2.75) is 19.8 Å². The van der Waals surface area contributed by atoms with Gasteiger partial charge < -0.3 is 10.6 Å². The predicted octanol–water partition coefficient (Wildman–Crippen LogP) is 2.81. The number of carbonyl (C=O) groups is 1. The molecule has 1 aromatic heterocycles. The Labute approximate surface area is 142 Å². The first-order valence-corrected chi connectivity index (χ1v) is 7.64. The number of aryl methyl sites for hydroxylation is 1. The summed E-state index contributed by atoms with van der Waals surface area (Å²) in [7, 11) is 0. The van der Waals surface area contributed by atoms with Crippen molar-refractivity contribution in [1.29, 1.82) is 0 Å². The molecular formula is C17H21ClN4O. The van der Waals surface area contributed by atoms with Crippen molar-refractivity contribution in [1.82, 2.24) is 15.3 Å². The van der Waals surface area contributed by atoms with Gasteiger partial charge in [0.1, 0.15) is 0 Å². The summed E-state index contributed by atoms with van der Waals surface area (Å²) in [5.74, 6) is 0.929. The lowest BCUT2D eigenvalue weighted by atomic mass is 9.97. The van der Waals surface area contributed by atoms with E-state index in [0.29, 0.717) is 5.82 Å². The van der Waals surface area contributed by atoms with E-state index >= 15 is 0 Å². The van der Waals surface area contributed by atoms with Gasteiger partial charge in [-0.2, -0.15) is 0 Å². The molecule has 6 heteroatoms. The summed E-state index contributed by atoms with van der Waals surface area (Å²) in [6.07, 6.45) is 3.56. The zero-order chi connectivity index (χ0) is 15.4. The molecule has 3 rings (SSSR count). The number of aromatic nitrogens is 2. The Morgan fingerprint density at radius 2 is 1.87 bits per heavy atom. The molecule has 2 aromatic rings. The lowest BCUT2D eigenvalue weighted by Crippen LogP contribution is -2.34. The van der Waals surface area contributed by atoms with Crippen molar-refractivity contribution in [3.8, 4) is 11.4 Å². The van der Waals surface area contributed by atoms with E-state index in [4.69, 9.17) is 0 Å². The number of carbonyl (C=O) groups excluding carboxylic acids is 1. The molecule has 0 bridgehead atoms. The zero-order valence-corrected chi connectivity index (χ0v) is 13.9. The quantitative estimate of drug-likeness (QED) is 0.907. The molecule has 5 nitrogen and oxygen atoms in total. The van der Waals surface area contributed by atoms with Gasteiger partial charge in [-0.25, -0.2) is 9.97 Å². The minimum absolute atomic E-state index is 0. The highest BCUT2D eigenvalue weighted by Gasteiger charge is 2.20. The Morgan fingerprint density at radius 1 is 1.17 bits per heavy atom. The van der Waals surface area contributed by atoms with Crippen molar-refractivity contribution in [2.75, 3.05) is 18.4 Å². The maximum Gasteiger partial charge on any atom is 0.227 e. The largest absolute Gasteiger partial charge is 0.326 e. The van der Waals surface area contributed by atoms with Gasteiger partial charge in [0.2, 0.25) is 5.91 Å². The highest BCUT2D eigenvalue weighted by Crippen LogP contribution is 2.20. The van der Waals surface area contributed by atoms with Gasteiger partial charge in [0.15, 0.2) is 5.82 Å². The van der Waals surface area contributed by atoms with Crippen LogP contribution in [-0.4, -0.2) is 29.0 Å². The summed E-state index contributed by atoms with van der Waals surface area (Å²) in [5.41, 5.74) is 2.71. The highest BCUT2D eigenvalue weighted by atomic mass is 35.5. The van der Waals surface area contributed by atoms with Gasteiger partial charge in [-0.1, -0.05) is 0 Å². The van der Waals surface area contributed by atoms with Crippen LogP contribution in [0.2, 0.25) is 0 Å². The summed E-state index contributed by atoms with van der Waals surface area (Å²) in [6, 6.07) is 9.55. The van der Waals surface area contributed by atoms with Crippen LogP contribution in [0.5, 0.6) is 0 Å². The lowest BCUT2D eigenvalue weighted by Gasteiger charge is -2.21. The Bertz CT molecular complexity index is 654. The molecule has 23 heavy (non-hydrogen) atoms. The Kier molecular flexibility index (Phi) is 6.07. The van der Waals surface area contributed by atoms with Crippen LogP contribution < -0.4 is 10.6 Å². The molecule has 0 atom stereocenters. The van der Waals surface area contributed by atoms with E-state index < -0.39 is 0 Å². The van der Waals surface area contributed by atoms with E-state index in [1.165, 1.54) is 0 Å². The monoisotopic (exact) mass is 332 g/mol. The number of benzene rings is 1. The van der Waals surface area contributed by atoms with Crippen LogP contribution in [-0.2, 0) is 4.79 Å². The first-order chi connectivity index (χ1) is 10.7. The van der Waals surface area contributed by atoms with Crippen LogP contribution >= 0.6 is 12.4 Å². The summed E-state index contributed by atoms with van der Waals surface area (Å²) >= 11 is 0. The van der Waals surface area contributed by atoms with Gasteiger partial charge >= 0.3 is 0 Å². The molecule has 122 valence electrons. The van der Waals surface area contributed by atoms with E-state index in [9.17, 15) is 4.79 Å². The topological polar surface area (TPSA) is 66.9 Å². The molecule has 1 aliphatic heterocycles. The van der Waals surface area contributed by atoms with E-state index in [-0.39, 0.29) is 24.2 Å². The van der Waals surface area contributed by atoms with Crippen LogP contribution in [0.1, 0.15) is 18.5 Å². The third kappa shape index (κ3) is 4.50. The molecule has 0 unspecified atom stereocenters. The molecule has 1 saturated heterocycles. The molecular weight excluding hydrogens is 312 g/mol. The molecule has 0 spiro atoms. The van der Waals surface area contributed by atoms with Crippen LogP contribution in [0.25, 0.3) is 11.4 Å². The average molecular weight is 333 g/mol. The number of hydrogen-bond acceptors (Lipinski definition) is 4. The number of piperidine rings is 1. The van der Waals surface area contributed by atoms with Crippen molar-refractivity contribution >= 4 is 24.0 Å². The van der Waals surface area contributed by atoms with Gasteiger partial charge in [-0.3, -0.25) is 4.79 Å². The SMILES string of the molecule is Cc1ccnc(-c2ccc(NC(=O)C3CCNCC3)cc2)n1.Cl. The second-order valence-electron chi connectivity index (χ2n) is 5.61. The van der Waals surface area contributed by atoms with Gasteiger partial charge in [0.05, 0.1) is 0 Å². The normalized spacial score (nSPS) is 14.8. The molecule has 1 amide bonds. The Balaban J connectivity index is 0.00000192. The van der Waals surface area contributed by atoms with Crippen molar-refractivity contribution in [2.24, 2.45) is 5.92 Å². The smallest absolute Gasteiger partial charge is 0.227 e. The van der Waals surface area contributed by atoms with Gasteiger partial charge in [-0.05, 0) is 63.2 Å². The number of nitrogens with one attached hydrogen (secondary N) is 2. The number of halogens is 1. The van der Waals surface area contributed by atoms with Crippen LogP contribution in [0.15, 0.2) is 36.5 Å². The molecule has 1 aliphatic rings. The average Bonchev–Trinajstić information content (AvgIpc) is 2.56. The van der Waals surface area contributed by atoms with E-state index in [0.717, 1.165) is 42.9 Å². The predicted molar refractivity (Wildman–Crippen MR) is 93.7 cm³/mol. The molecule has 0 radical (unpaired) electrons. The third-order valence-corrected chi connectivity index (χ3v) is 3.92. The number of hydrogen-bond donors (Lipinski definition) is 2. The first kappa shape index (κ1) is 17.4. The van der Waals surface area contributed by atoms with Crippen molar-refractivity contribution < 1.29 is 4.79 Å². The molecule has 0 aliphatic carbocycles. The lowest BCUT2D eigenvalue weighted by molar-refractivity contribution is -0.120. The summed E-state index contributed by atoms with van der Waals surface area (Å²) < 4.78 is 0. The fraction of sp³-hybridized carbons (Fsp3) is 0.353. The Hall–Kier alpha value is -1.98. The Morgan fingerprint density at radius 3 is 2.52 bits per heavy atom. The third-order valence-electron chi connectivity index (χ3n) is 3.92. The maximum atomic E-state index is 12.2. The molecule has 1 fully saturated rings. The molecule has 1 aromatic carbocycles. The van der Waals surface area contributed by atoms with Gasteiger partial charge in [0, 0.05) is 29.1 Å². The van der Waals surface area contributed by atoms with Gasteiger partial charge in [0.25, 0.3) is 0 Å². The van der Waals surface area contributed by atoms with Gasteiger partial charge in [-0.15, -0.1) is 12.4 Å². The summed E-state index contributed by atoms with van der Waals surface area (Å²) in [4.78, 5) is 20.9.